The van der Waals surface area contributed by atoms with Gasteiger partial charge in [0.25, 0.3) is 5.91 Å². The van der Waals surface area contributed by atoms with Crippen molar-refractivity contribution in [3.05, 3.63) is 46.4 Å². The van der Waals surface area contributed by atoms with Gasteiger partial charge in [-0.3, -0.25) is 4.79 Å². The van der Waals surface area contributed by atoms with Gasteiger partial charge in [-0.25, -0.2) is 0 Å². The second-order valence-corrected chi connectivity index (χ2v) is 5.24. The molecule has 0 aliphatic heterocycles. The maximum atomic E-state index is 12.0. The Morgan fingerprint density at radius 2 is 1.61 bits per heavy atom. The zero-order valence-corrected chi connectivity index (χ0v) is 14.1. The molecule has 0 saturated heterocycles. The van der Waals surface area contributed by atoms with E-state index in [9.17, 15) is 4.79 Å². The predicted octanol–water partition coefficient (Wildman–Crippen LogP) is 4.03. The van der Waals surface area contributed by atoms with E-state index in [1.54, 1.807) is 36.4 Å². The Balaban J connectivity index is 2.05. The summed E-state index contributed by atoms with van der Waals surface area (Å²) in [6.45, 7) is -0.231. The van der Waals surface area contributed by atoms with Crippen LogP contribution in [0.2, 0.25) is 10.0 Å². The fourth-order valence-corrected chi connectivity index (χ4v) is 2.40. The highest BCUT2D eigenvalue weighted by Crippen LogP contribution is 2.36. The van der Waals surface area contributed by atoms with Gasteiger partial charge in [0.1, 0.15) is 0 Å². The summed E-state index contributed by atoms with van der Waals surface area (Å²) in [6.07, 6.45) is 0. The number of rotatable bonds is 6. The van der Waals surface area contributed by atoms with Gasteiger partial charge >= 0.3 is 0 Å². The standard InChI is InChI=1S/C16H15Cl2NO4/c1-21-12-7-4-8-13(16(12)22-2)23-9-14(20)19-15-10(17)5-3-6-11(15)18/h3-8H,9H2,1-2H3,(H,19,20). The topological polar surface area (TPSA) is 56.8 Å². The Morgan fingerprint density at radius 3 is 2.22 bits per heavy atom. The average molecular weight is 356 g/mol. The van der Waals surface area contributed by atoms with Crippen molar-refractivity contribution in [1.29, 1.82) is 0 Å². The minimum absolute atomic E-state index is 0.231. The van der Waals surface area contributed by atoms with E-state index >= 15 is 0 Å². The van der Waals surface area contributed by atoms with Gasteiger partial charge in [0.15, 0.2) is 18.1 Å². The van der Waals surface area contributed by atoms with Gasteiger partial charge in [0.05, 0.1) is 30.0 Å². The molecule has 1 amide bonds. The lowest BCUT2D eigenvalue weighted by Crippen LogP contribution is -2.20. The maximum absolute atomic E-state index is 12.0. The number of ether oxygens (including phenoxy) is 3. The number of anilines is 1. The molecule has 2 aromatic rings. The van der Waals surface area contributed by atoms with E-state index in [2.05, 4.69) is 5.32 Å². The van der Waals surface area contributed by atoms with Gasteiger partial charge in [0.2, 0.25) is 5.75 Å². The molecule has 0 bridgehead atoms. The van der Waals surface area contributed by atoms with Crippen LogP contribution in [0.4, 0.5) is 5.69 Å². The van der Waals surface area contributed by atoms with Gasteiger partial charge in [-0.2, -0.15) is 0 Å². The van der Waals surface area contributed by atoms with E-state index in [4.69, 9.17) is 37.4 Å². The Kier molecular flexibility index (Phi) is 5.96. The monoisotopic (exact) mass is 355 g/mol. The zero-order chi connectivity index (χ0) is 16.8. The summed E-state index contributed by atoms with van der Waals surface area (Å²) < 4.78 is 15.9. The molecule has 1 N–H and O–H groups in total. The quantitative estimate of drug-likeness (QED) is 0.849. The summed E-state index contributed by atoms with van der Waals surface area (Å²) in [5, 5.41) is 3.32. The lowest BCUT2D eigenvalue weighted by atomic mass is 10.3. The number of amides is 1. The molecular formula is C16H15Cl2NO4. The van der Waals surface area contributed by atoms with Crippen molar-refractivity contribution < 1.29 is 19.0 Å². The van der Waals surface area contributed by atoms with Gasteiger partial charge in [-0.1, -0.05) is 35.3 Å². The third-order valence-corrected chi connectivity index (χ3v) is 3.58. The Labute approximate surface area is 144 Å². The molecule has 23 heavy (non-hydrogen) atoms. The Bertz CT molecular complexity index is 686. The third kappa shape index (κ3) is 4.21. The molecular weight excluding hydrogens is 341 g/mol. The van der Waals surface area contributed by atoms with Gasteiger partial charge in [-0.05, 0) is 24.3 Å². The highest BCUT2D eigenvalue weighted by Gasteiger charge is 2.14. The summed E-state index contributed by atoms with van der Waals surface area (Å²) >= 11 is 12.0. The van der Waals surface area contributed by atoms with E-state index in [-0.39, 0.29) is 6.61 Å². The van der Waals surface area contributed by atoms with Crippen LogP contribution in [0.1, 0.15) is 0 Å². The van der Waals surface area contributed by atoms with Crippen molar-refractivity contribution in [3.63, 3.8) is 0 Å². The number of hydrogen-bond donors (Lipinski definition) is 1. The first-order valence-electron chi connectivity index (χ1n) is 6.64. The first kappa shape index (κ1) is 17.2. The Hall–Kier alpha value is -2.11. The molecule has 5 nitrogen and oxygen atoms in total. The van der Waals surface area contributed by atoms with E-state index in [0.717, 1.165) is 0 Å². The SMILES string of the molecule is COc1cccc(OCC(=O)Nc2c(Cl)cccc2Cl)c1OC. The number of para-hydroxylation sites is 2. The fraction of sp³-hybridized carbons (Fsp3) is 0.188. The fourth-order valence-electron chi connectivity index (χ4n) is 1.91. The molecule has 0 saturated carbocycles. The molecule has 0 atom stereocenters. The molecule has 2 rings (SSSR count). The second-order valence-electron chi connectivity index (χ2n) is 4.43. The minimum atomic E-state index is -0.398. The number of carbonyl (C=O) groups is 1. The normalized spacial score (nSPS) is 10.1. The molecule has 0 heterocycles. The molecule has 0 unspecified atom stereocenters. The smallest absolute Gasteiger partial charge is 0.262 e. The van der Waals surface area contributed by atoms with Gasteiger partial charge in [0, 0.05) is 0 Å². The molecule has 0 radical (unpaired) electrons. The van der Waals surface area contributed by atoms with Crippen LogP contribution >= 0.6 is 23.2 Å². The van der Waals surface area contributed by atoms with Gasteiger partial charge < -0.3 is 19.5 Å². The molecule has 7 heteroatoms. The van der Waals surface area contributed by atoms with Crippen LogP contribution in [0, 0.1) is 0 Å². The van der Waals surface area contributed by atoms with Crippen molar-refractivity contribution in [1.82, 2.24) is 0 Å². The van der Waals surface area contributed by atoms with E-state index in [1.165, 1.54) is 14.2 Å². The van der Waals surface area contributed by atoms with Gasteiger partial charge in [-0.15, -0.1) is 0 Å². The van der Waals surface area contributed by atoms with Crippen molar-refractivity contribution in [2.45, 2.75) is 0 Å². The summed E-state index contributed by atoms with van der Waals surface area (Å²) in [5.74, 6) is 0.926. The van der Waals surface area contributed by atoms with Crippen molar-refractivity contribution in [2.24, 2.45) is 0 Å². The highest BCUT2D eigenvalue weighted by molar-refractivity contribution is 6.39. The molecule has 0 aromatic heterocycles. The van der Waals surface area contributed by atoms with Crippen molar-refractivity contribution in [3.8, 4) is 17.2 Å². The van der Waals surface area contributed by atoms with E-state index in [1.807, 2.05) is 0 Å². The van der Waals surface area contributed by atoms with Crippen molar-refractivity contribution >= 4 is 34.8 Å². The van der Waals surface area contributed by atoms with Crippen molar-refractivity contribution in [2.75, 3.05) is 26.1 Å². The van der Waals surface area contributed by atoms with Crippen LogP contribution < -0.4 is 19.5 Å². The first-order valence-corrected chi connectivity index (χ1v) is 7.40. The second kappa shape index (κ2) is 7.94. The van der Waals surface area contributed by atoms with E-state index < -0.39 is 5.91 Å². The van der Waals surface area contributed by atoms with Crippen LogP contribution in [0.15, 0.2) is 36.4 Å². The third-order valence-electron chi connectivity index (χ3n) is 2.95. The molecule has 122 valence electrons. The summed E-state index contributed by atoms with van der Waals surface area (Å²) in [7, 11) is 3.02. The molecule has 2 aromatic carbocycles. The lowest BCUT2D eigenvalue weighted by molar-refractivity contribution is -0.118. The van der Waals surface area contributed by atoms with Crippen LogP contribution in [-0.4, -0.2) is 26.7 Å². The van der Waals surface area contributed by atoms with E-state index in [0.29, 0.717) is 33.0 Å². The number of nitrogens with one attached hydrogen (secondary N) is 1. The lowest BCUT2D eigenvalue weighted by Gasteiger charge is -2.14. The molecule has 0 spiro atoms. The van der Waals surface area contributed by atoms with Crippen LogP contribution in [0.25, 0.3) is 0 Å². The highest BCUT2D eigenvalue weighted by atomic mass is 35.5. The number of methoxy groups -OCH3 is 2. The average Bonchev–Trinajstić information content (AvgIpc) is 2.55. The van der Waals surface area contributed by atoms with Crippen LogP contribution in [0.5, 0.6) is 17.2 Å². The number of hydrogen-bond acceptors (Lipinski definition) is 4. The number of halogens is 2. The summed E-state index contributed by atoms with van der Waals surface area (Å²) in [5.41, 5.74) is 0.349. The largest absolute Gasteiger partial charge is 0.493 e. The number of benzene rings is 2. The molecule has 0 aliphatic carbocycles. The zero-order valence-electron chi connectivity index (χ0n) is 12.6. The summed E-state index contributed by atoms with van der Waals surface area (Å²) in [6, 6.07) is 10.1. The predicted molar refractivity (Wildman–Crippen MR) is 90.1 cm³/mol. The summed E-state index contributed by atoms with van der Waals surface area (Å²) in [4.78, 5) is 12.0. The van der Waals surface area contributed by atoms with Crippen LogP contribution in [0.3, 0.4) is 0 Å². The first-order chi connectivity index (χ1) is 11.1. The van der Waals surface area contributed by atoms with Crippen LogP contribution in [-0.2, 0) is 4.79 Å². The maximum Gasteiger partial charge on any atom is 0.262 e. The molecule has 0 fully saturated rings. The molecule has 0 aliphatic rings. The number of carbonyl (C=O) groups excluding carboxylic acids is 1. The minimum Gasteiger partial charge on any atom is -0.493 e. The Morgan fingerprint density at radius 1 is 1.00 bits per heavy atom.